The molecule has 0 unspecified atom stereocenters. The molecule has 0 aliphatic carbocycles. The average Bonchev–Trinajstić information content (AvgIpc) is 3.35. The van der Waals surface area contributed by atoms with Crippen molar-refractivity contribution in [2.24, 2.45) is 0 Å². The lowest BCUT2D eigenvalue weighted by Gasteiger charge is -2.27. The lowest BCUT2D eigenvalue weighted by Crippen LogP contribution is -2.10. The quantitative estimate of drug-likeness (QED) is 0.134. The standard InChI is InChI=1S/C60H42N2/c1-4-18-46(19-5-1)59-54-26-12-14-28-56(54)60(57-29-15-13-27-55(57)59)47-35-41-52(42-36-47)62(58-30-16-20-45-17-10-11-25-53(45)58)51-39-33-44(34-40-51)43-31-37-50(38-32-43)61(48-21-6-2-7-22-48)49-23-8-3-9-24-49/h1-42H. The van der Waals surface area contributed by atoms with Gasteiger partial charge in [0.05, 0.1) is 5.69 Å². The molecule has 0 spiro atoms. The van der Waals surface area contributed by atoms with Gasteiger partial charge in [-0.1, -0.05) is 188 Å². The predicted molar refractivity (Wildman–Crippen MR) is 265 cm³/mol. The van der Waals surface area contributed by atoms with Crippen molar-refractivity contribution in [1.29, 1.82) is 0 Å². The Morgan fingerprint density at radius 1 is 0.194 bits per heavy atom. The summed E-state index contributed by atoms with van der Waals surface area (Å²) in [4.78, 5) is 4.69. The van der Waals surface area contributed by atoms with E-state index in [4.69, 9.17) is 0 Å². The Labute approximate surface area is 362 Å². The fraction of sp³-hybridized carbons (Fsp3) is 0. The van der Waals surface area contributed by atoms with Gasteiger partial charge >= 0.3 is 0 Å². The molecule has 0 atom stereocenters. The third-order valence-electron chi connectivity index (χ3n) is 12.0. The first-order chi connectivity index (χ1) is 30.8. The molecule has 0 bridgehead atoms. The molecule has 62 heavy (non-hydrogen) atoms. The number of benzene rings is 11. The zero-order valence-electron chi connectivity index (χ0n) is 34.1. The monoisotopic (exact) mass is 790 g/mol. The van der Waals surface area contributed by atoms with Crippen molar-refractivity contribution in [3.05, 3.63) is 255 Å². The van der Waals surface area contributed by atoms with Crippen molar-refractivity contribution >= 4 is 66.4 Å². The number of anilines is 6. The molecule has 0 heterocycles. The summed E-state index contributed by atoms with van der Waals surface area (Å²) in [5.74, 6) is 0. The van der Waals surface area contributed by atoms with E-state index in [0.29, 0.717) is 0 Å². The smallest absolute Gasteiger partial charge is 0.0540 e. The minimum atomic E-state index is 1.09. The second-order valence-corrected chi connectivity index (χ2v) is 15.7. The first kappa shape index (κ1) is 36.8. The molecule has 0 saturated heterocycles. The highest BCUT2D eigenvalue weighted by Gasteiger charge is 2.19. The van der Waals surface area contributed by atoms with Gasteiger partial charge < -0.3 is 9.80 Å². The van der Waals surface area contributed by atoms with Crippen molar-refractivity contribution in [3.8, 4) is 33.4 Å². The van der Waals surface area contributed by atoms with E-state index in [0.717, 1.165) is 39.7 Å². The summed E-state index contributed by atoms with van der Waals surface area (Å²) in [7, 11) is 0. The highest BCUT2D eigenvalue weighted by Crippen LogP contribution is 2.45. The molecule has 11 aromatic carbocycles. The molecule has 0 fully saturated rings. The maximum Gasteiger partial charge on any atom is 0.0540 e. The van der Waals surface area contributed by atoms with Crippen LogP contribution in [0.4, 0.5) is 34.1 Å². The van der Waals surface area contributed by atoms with Crippen LogP contribution in [0.25, 0.3) is 65.7 Å². The summed E-state index contributed by atoms with van der Waals surface area (Å²) in [5.41, 5.74) is 14.0. The Morgan fingerprint density at radius 2 is 0.516 bits per heavy atom. The van der Waals surface area contributed by atoms with Crippen LogP contribution in [0.3, 0.4) is 0 Å². The summed E-state index contributed by atoms with van der Waals surface area (Å²) >= 11 is 0. The molecule has 0 saturated carbocycles. The van der Waals surface area contributed by atoms with Gasteiger partial charge in [-0.15, -0.1) is 0 Å². The molecule has 0 radical (unpaired) electrons. The van der Waals surface area contributed by atoms with Crippen LogP contribution in [0, 0.1) is 0 Å². The normalized spacial score (nSPS) is 11.2. The van der Waals surface area contributed by atoms with E-state index >= 15 is 0 Å². The van der Waals surface area contributed by atoms with E-state index < -0.39 is 0 Å². The Bertz CT molecular complexity index is 3200. The van der Waals surface area contributed by atoms with Crippen LogP contribution in [0.2, 0.25) is 0 Å². The van der Waals surface area contributed by atoms with Crippen molar-refractivity contribution in [3.63, 3.8) is 0 Å². The molecular weight excluding hydrogens is 749 g/mol. The number of rotatable bonds is 9. The van der Waals surface area contributed by atoms with Crippen molar-refractivity contribution < 1.29 is 0 Å². The van der Waals surface area contributed by atoms with Crippen LogP contribution in [0.5, 0.6) is 0 Å². The first-order valence-electron chi connectivity index (χ1n) is 21.3. The second-order valence-electron chi connectivity index (χ2n) is 15.7. The summed E-state index contributed by atoms with van der Waals surface area (Å²) in [5, 5.41) is 7.43. The van der Waals surface area contributed by atoms with E-state index in [2.05, 4.69) is 265 Å². The van der Waals surface area contributed by atoms with Crippen molar-refractivity contribution in [2.45, 2.75) is 0 Å². The molecule has 11 rings (SSSR count). The minimum Gasteiger partial charge on any atom is -0.311 e. The molecular formula is C60H42N2. The van der Waals surface area contributed by atoms with Crippen LogP contribution in [0.1, 0.15) is 0 Å². The summed E-state index contributed by atoms with van der Waals surface area (Å²) in [6, 6.07) is 91.9. The fourth-order valence-electron chi connectivity index (χ4n) is 9.17. The molecule has 2 nitrogen and oxygen atoms in total. The number of fused-ring (bicyclic) bond motifs is 3. The van der Waals surface area contributed by atoms with Gasteiger partial charge in [0, 0.05) is 33.8 Å². The lowest BCUT2D eigenvalue weighted by molar-refractivity contribution is 1.28. The van der Waals surface area contributed by atoms with Crippen LogP contribution in [0.15, 0.2) is 255 Å². The first-order valence-corrected chi connectivity index (χ1v) is 21.3. The van der Waals surface area contributed by atoms with E-state index in [1.54, 1.807) is 0 Å². The predicted octanol–water partition coefficient (Wildman–Crippen LogP) is 17.1. The Morgan fingerprint density at radius 3 is 0.984 bits per heavy atom. The maximum absolute atomic E-state index is 2.39. The Hall–Kier alpha value is -8.20. The van der Waals surface area contributed by atoms with Gasteiger partial charge in [0.15, 0.2) is 0 Å². The van der Waals surface area contributed by atoms with E-state index in [1.165, 1.54) is 60.1 Å². The van der Waals surface area contributed by atoms with Crippen LogP contribution < -0.4 is 9.80 Å². The van der Waals surface area contributed by atoms with Crippen molar-refractivity contribution in [1.82, 2.24) is 0 Å². The van der Waals surface area contributed by atoms with Gasteiger partial charge in [-0.3, -0.25) is 0 Å². The number of hydrogen-bond donors (Lipinski definition) is 0. The zero-order chi connectivity index (χ0) is 41.2. The molecule has 11 aromatic rings. The minimum absolute atomic E-state index is 1.09. The van der Waals surface area contributed by atoms with Crippen LogP contribution in [-0.4, -0.2) is 0 Å². The SMILES string of the molecule is c1ccc(-c2c3ccccc3c(-c3ccc(N(c4ccc(-c5ccc(N(c6ccccc6)c6ccccc6)cc5)cc4)c4cccc5ccccc45)cc3)c3ccccc23)cc1. The molecule has 292 valence electrons. The number of nitrogens with zero attached hydrogens (tertiary/aromatic N) is 2. The molecule has 0 aromatic heterocycles. The molecule has 0 aliphatic heterocycles. The van der Waals surface area contributed by atoms with Crippen molar-refractivity contribution in [2.75, 3.05) is 9.80 Å². The van der Waals surface area contributed by atoms with Crippen LogP contribution >= 0.6 is 0 Å². The second kappa shape index (κ2) is 16.1. The molecule has 0 aliphatic rings. The van der Waals surface area contributed by atoms with Crippen LogP contribution in [-0.2, 0) is 0 Å². The summed E-state index contributed by atoms with van der Waals surface area (Å²) in [6.07, 6.45) is 0. The third-order valence-corrected chi connectivity index (χ3v) is 12.0. The lowest BCUT2D eigenvalue weighted by atomic mass is 9.86. The average molecular weight is 791 g/mol. The Balaban J connectivity index is 0.985. The molecule has 0 amide bonds. The highest BCUT2D eigenvalue weighted by molar-refractivity contribution is 6.21. The van der Waals surface area contributed by atoms with Gasteiger partial charge in [0.2, 0.25) is 0 Å². The van der Waals surface area contributed by atoms with Gasteiger partial charge in [-0.25, -0.2) is 0 Å². The van der Waals surface area contributed by atoms with E-state index in [-0.39, 0.29) is 0 Å². The molecule has 2 heteroatoms. The summed E-state index contributed by atoms with van der Waals surface area (Å²) < 4.78 is 0. The zero-order valence-corrected chi connectivity index (χ0v) is 34.1. The number of hydrogen-bond acceptors (Lipinski definition) is 2. The third kappa shape index (κ3) is 6.74. The Kier molecular flexibility index (Phi) is 9.57. The number of para-hydroxylation sites is 2. The highest BCUT2D eigenvalue weighted by atomic mass is 15.1. The largest absolute Gasteiger partial charge is 0.311 e. The maximum atomic E-state index is 2.39. The topological polar surface area (TPSA) is 6.48 Å². The summed E-state index contributed by atoms with van der Waals surface area (Å²) in [6.45, 7) is 0. The molecule has 0 N–H and O–H groups in total. The van der Waals surface area contributed by atoms with Gasteiger partial charge in [0.25, 0.3) is 0 Å². The fourth-order valence-corrected chi connectivity index (χ4v) is 9.17. The van der Waals surface area contributed by atoms with E-state index in [1.807, 2.05) is 0 Å². The van der Waals surface area contributed by atoms with Gasteiger partial charge in [0.1, 0.15) is 0 Å². The van der Waals surface area contributed by atoms with E-state index in [9.17, 15) is 0 Å². The van der Waals surface area contributed by atoms with Gasteiger partial charge in [-0.2, -0.15) is 0 Å². The van der Waals surface area contributed by atoms with Gasteiger partial charge in [-0.05, 0) is 127 Å².